The van der Waals surface area contributed by atoms with E-state index in [0.29, 0.717) is 28.7 Å². The third-order valence-corrected chi connectivity index (χ3v) is 7.06. The van der Waals surface area contributed by atoms with Crippen LogP contribution >= 0.6 is 0 Å². The van der Waals surface area contributed by atoms with Crippen molar-refractivity contribution in [3.63, 3.8) is 0 Å². The minimum absolute atomic E-state index is 0. The second-order valence-electron chi connectivity index (χ2n) is 8.02. The smallest absolute Gasteiger partial charge is 0.744 e. The van der Waals surface area contributed by atoms with E-state index in [1.54, 1.807) is 25.1 Å². The molecule has 0 spiro atoms. The Bertz CT molecular complexity index is 1830. The summed E-state index contributed by atoms with van der Waals surface area (Å²) in [6.07, 6.45) is 0. The number of hydrogen-bond acceptors (Lipinski definition) is 11. The molecule has 0 aliphatic carbocycles. The summed E-state index contributed by atoms with van der Waals surface area (Å²) in [5, 5.41) is 26.4. The van der Waals surface area contributed by atoms with Crippen LogP contribution in [0.4, 0.5) is 22.7 Å². The number of phenols is 1. The van der Waals surface area contributed by atoms with Crippen LogP contribution in [0, 0.1) is 13.8 Å². The Labute approximate surface area is 269 Å². The summed E-state index contributed by atoms with van der Waals surface area (Å²) in [7, 11) is -10.3. The second kappa shape index (κ2) is 13.1. The Hall–Kier alpha value is -2.04. The van der Waals surface area contributed by atoms with Gasteiger partial charge in [0.05, 0.1) is 26.9 Å². The van der Waals surface area contributed by atoms with Crippen molar-refractivity contribution in [2.45, 2.75) is 23.6 Å². The Morgan fingerprint density at radius 1 is 0.692 bits per heavy atom. The van der Waals surface area contributed by atoms with Crippen molar-refractivity contribution in [1.29, 1.82) is 0 Å². The summed E-state index contributed by atoms with van der Waals surface area (Å²) in [5.41, 5.74) is 2.80. The molecule has 4 rings (SSSR count). The molecule has 0 saturated heterocycles. The van der Waals surface area contributed by atoms with Crippen molar-refractivity contribution >= 4 is 53.8 Å². The normalized spacial score (nSPS) is 12.0. The SMILES string of the molecule is Cc1ccccc1N=Nc1ccc(N=Nc2c(O)ccc3cc(S(=O)(=O)[O-])cc(S(=O)(=O)[O-])c23)c(C)c1.[Na+].[Na+]. The van der Waals surface area contributed by atoms with Crippen LogP contribution < -0.4 is 59.1 Å². The van der Waals surface area contributed by atoms with Crippen LogP contribution in [-0.4, -0.2) is 31.0 Å². The topological polar surface area (TPSA) is 184 Å². The maximum Gasteiger partial charge on any atom is 1.00 e. The molecular formula is C24H18N4Na2O7S2. The molecule has 39 heavy (non-hydrogen) atoms. The third kappa shape index (κ3) is 7.79. The molecular weight excluding hydrogens is 566 g/mol. The zero-order valence-corrected chi connectivity index (χ0v) is 27.0. The average molecular weight is 585 g/mol. The summed E-state index contributed by atoms with van der Waals surface area (Å²) < 4.78 is 70.2. The summed E-state index contributed by atoms with van der Waals surface area (Å²) in [6.45, 7) is 3.64. The fraction of sp³-hybridized carbons (Fsp3) is 0.0833. The number of hydrogen-bond donors (Lipinski definition) is 1. The number of aryl methyl sites for hydroxylation is 2. The molecule has 15 heteroatoms. The summed E-state index contributed by atoms with van der Waals surface area (Å²) in [6, 6.07) is 16.0. The Kier molecular flexibility index (Phi) is 11.1. The van der Waals surface area contributed by atoms with Crippen LogP contribution in [0.25, 0.3) is 10.8 Å². The van der Waals surface area contributed by atoms with Crippen LogP contribution in [0.2, 0.25) is 0 Å². The molecule has 0 fully saturated rings. The van der Waals surface area contributed by atoms with Crippen LogP contribution in [0.1, 0.15) is 11.1 Å². The van der Waals surface area contributed by atoms with Gasteiger partial charge in [0.25, 0.3) is 0 Å². The van der Waals surface area contributed by atoms with Gasteiger partial charge in [-0.1, -0.05) is 24.3 Å². The number of aromatic hydroxyl groups is 1. The first-order chi connectivity index (χ1) is 17.3. The molecule has 0 radical (unpaired) electrons. The first kappa shape index (κ1) is 33.2. The largest absolute Gasteiger partial charge is 1.00 e. The van der Waals surface area contributed by atoms with Gasteiger partial charge in [-0.15, -0.1) is 5.11 Å². The maximum absolute atomic E-state index is 11.9. The van der Waals surface area contributed by atoms with Gasteiger partial charge in [-0.25, -0.2) is 16.8 Å². The van der Waals surface area contributed by atoms with E-state index < -0.39 is 35.8 Å². The fourth-order valence-electron chi connectivity index (χ4n) is 3.52. The Morgan fingerprint density at radius 2 is 1.33 bits per heavy atom. The number of rotatable bonds is 6. The van der Waals surface area contributed by atoms with Gasteiger partial charge in [-0.2, -0.15) is 15.3 Å². The van der Waals surface area contributed by atoms with Gasteiger partial charge < -0.3 is 14.2 Å². The minimum atomic E-state index is -5.27. The van der Waals surface area contributed by atoms with E-state index in [1.807, 2.05) is 31.2 Å². The van der Waals surface area contributed by atoms with Crippen LogP contribution in [0.3, 0.4) is 0 Å². The van der Waals surface area contributed by atoms with E-state index in [0.717, 1.165) is 23.8 Å². The molecule has 0 amide bonds. The van der Waals surface area contributed by atoms with Crippen molar-refractivity contribution in [3.05, 3.63) is 77.9 Å². The molecule has 0 aliphatic rings. The van der Waals surface area contributed by atoms with Gasteiger partial charge in [0.1, 0.15) is 31.7 Å². The molecule has 11 nitrogen and oxygen atoms in total. The number of benzene rings is 4. The Balaban J connectivity index is 0.00000267. The van der Waals surface area contributed by atoms with Crippen LogP contribution in [-0.2, 0) is 20.2 Å². The van der Waals surface area contributed by atoms with Crippen molar-refractivity contribution in [2.75, 3.05) is 0 Å². The standard InChI is InChI=1S/C24H20N4O7S2.2Na/c1-14-5-3-4-6-19(14)26-25-17-8-9-20(15(2)11-17)27-28-24-21(29)10-7-16-12-18(36(30,31)32)13-22(23(16)24)37(33,34)35;;/h3-13,29H,1-2H3,(H,30,31,32)(H,33,34,35);;/q;2*+1/p-2. The molecule has 1 N–H and O–H groups in total. The molecule has 0 aromatic heterocycles. The molecule has 0 heterocycles. The molecule has 0 atom stereocenters. The molecule has 4 aromatic rings. The zero-order valence-electron chi connectivity index (χ0n) is 21.4. The quantitative estimate of drug-likeness (QED) is 0.185. The number of azo groups is 2. The van der Waals surface area contributed by atoms with Crippen molar-refractivity contribution < 1.29 is 90.2 Å². The number of fused-ring (bicyclic) bond motifs is 1. The molecule has 4 aromatic carbocycles. The number of nitrogens with zero attached hydrogens (tertiary/aromatic N) is 4. The van der Waals surface area contributed by atoms with Gasteiger partial charge in [-0.3, -0.25) is 0 Å². The summed E-state index contributed by atoms with van der Waals surface area (Å²) >= 11 is 0. The van der Waals surface area contributed by atoms with Crippen molar-refractivity contribution in [2.24, 2.45) is 20.5 Å². The van der Waals surface area contributed by atoms with E-state index in [4.69, 9.17) is 0 Å². The van der Waals surface area contributed by atoms with E-state index in [1.165, 1.54) is 0 Å². The van der Waals surface area contributed by atoms with Crippen LogP contribution in [0.15, 0.2) is 97.0 Å². The molecule has 190 valence electrons. The maximum atomic E-state index is 11.9. The summed E-state index contributed by atoms with van der Waals surface area (Å²) in [5.74, 6) is -0.514. The van der Waals surface area contributed by atoms with Crippen molar-refractivity contribution in [1.82, 2.24) is 0 Å². The average Bonchev–Trinajstić information content (AvgIpc) is 2.82. The van der Waals surface area contributed by atoms with E-state index in [-0.39, 0.29) is 75.6 Å². The van der Waals surface area contributed by atoms with E-state index in [9.17, 15) is 31.0 Å². The van der Waals surface area contributed by atoms with Gasteiger partial charge in [0.2, 0.25) is 0 Å². The van der Waals surface area contributed by atoms with Crippen LogP contribution in [0.5, 0.6) is 5.75 Å². The molecule has 0 bridgehead atoms. The van der Waals surface area contributed by atoms with Gasteiger partial charge in [-0.05, 0) is 72.8 Å². The predicted molar refractivity (Wildman–Crippen MR) is 132 cm³/mol. The van der Waals surface area contributed by atoms with Crippen molar-refractivity contribution in [3.8, 4) is 5.75 Å². The summed E-state index contributed by atoms with van der Waals surface area (Å²) in [4.78, 5) is -1.93. The predicted octanol–water partition coefficient (Wildman–Crippen LogP) is -0.191. The third-order valence-electron chi connectivity index (χ3n) is 5.39. The van der Waals surface area contributed by atoms with Gasteiger partial charge in [0, 0.05) is 5.39 Å². The molecule has 0 unspecified atom stereocenters. The monoisotopic (exact) mass is 584 g/mol. The molecule has 0 aliphatic heterocycles. The van der Waals surface area contributed by atoms with Gasteiger partial charge in [0.15, 0.2) is 0 Å². The molecule has 0 saturated carbocycles. The van der Waals surface area contributed by atoms with E-state index in [2.05, 4.69) is 20.5 Å². The minimum Gasteiger partial charge on any atom is -0.744 e. The Morgan fingerprint density at radius 3 is 1.95 bits per heavy atom. The van der Waals surface area contributed by atoms with E-state index >= 15 is 0 Å². The fourth-order valence-corrected chi connectivity index (χ4v) is 4.86. The second-order valence-corrected chi connectivity index (χ2v) is 10.7. The first-order valence-electron chi connectivity index (χ1n) is 10.6. The first-order valence-corrected chi connectivity index (χ1v) is 13.4. The zero-order chi connectivity index (χ0) is 27.0. The number of phenolic OH excluding ortho intramolecular Hbond substituents is 1. The van der Waals surface area contributed by atoms with Gasteiger partial charge >= 0.3 is 59.1 Å².